The smallest absolute Gasteiger partial charge is 0.219 e. The Morgan fingerprint density at radius 1 is 0.947 bits per heavy atom. The van der Waals surface area contributed by atoms with Crippen molar-refractivity contribution in [1.82, 2.24) is 4.98 Å². The highest BCUT2D eigenvalue weighted by molar-refractivity contribution is 5.82. The lowest BCUT2D eigenvalue weighted by Crippen LogP contribution is -1.90. The maximum Gasteiger partial charge on any atom is 0.219 e. The van der Waals surface area contributed by atoms with Gasteiger partial charge in [0.25, 0.3) is 0 Å². The molecule has 0 aliphatic heterocycles. The third-order valence-corrected chi connectivity index (χ3v) is 2.93. The van der Waals surface area contributed by atoms with Gasteiger partial charge in [0.2, 0.25) is 5.88 Å². The van der Waals surface area contributed by atoms with Gasteiger partial charge in [-0.25, -0.2) is 4.98 Å². The highest BCUT2D eigenvalue weighted by Gasteiger charge is 2.01. The van der Waals surface area contributed by atoms with Crippen LogP contribution in [-0.4, -0.2) is 4.98 Å². The summed E-state index contributed by atoms with van der Waals surface area (Å²) in [5.41, 5.74) is 8.56. The Kier molecular flexibility index (Phi) is 2.80. The molecule has 94 valence electrons. The van der Waals surface area contributed by atoms with Crippen LogP contribution in [0.4, 0.5) is 5.69 Å². The van der Waals surface area contributed by atoms with Crippen molar-refractivity contribution in [2.75, 3.05) is 5.73 Å². The first-order valence-corrected chi connectivity index (χ1v) is 6.11. The van der Waals surface area contributed by atoms with Gasteiger partial charge in [0.15, 0.2) is 0 Å². The number of hydrogen-bond donors (Lipinski definition) is 1. The van der Waals surface area contributed by atoms with Crippen LogP contribution in [0.1, 0.15) is 5.56 Å². The number of benzene rings is 2. The Morgan fingerprint density at radius 3 is 2.53 bits per heavy atom. The monoisotopic (exact) mass is 250 g/mol. The van der Waals surface area contributed by atoms with Gasteiger partial charge in [0.1, 0.15) is 5.75 Å². The van der Waals surface area contributed by atoms with Crippen molar-refractivity contribution in [1.29, 1.82) is 0 Å². The number of fused-ring (bicyclic) bond motifs is 1. The van der Waals surface area contributed by atoms with E-state index in [1.54, 1.807) is 0 Å². The van der Waals surface area contributed by atoms with Crippen molar-refractivity contribution in [2.45, 2.75) is 6.92 Å². The van der Waals surface area contributed by atoms with Crippen LogP contribution in [0.15, 0.2) is 54.6 Å². The quantitative estimate of drug-likeness (QED) is 0.701. The predicted molar refractivity (Wildman–Crippen MR) is 77.4 cm³/mol. The third-order valence-electron chi connectivity index (χ3n) is 2.93. The maximum atomic E-state index is 5.74. The van der Waals surface area contributed by atoms with Gasteiger partial charge in [0.05, 0.1) is 5.52 Å². The molecule has 0 saturated carbocycles. The summed E-state index contributed by atoms with van der Waals surface area (Å²) in [4.78, 5) is 4.46. The molecule has 0 atom stereocenters. The number of rotatable bonds is 2. The number of anilines is 1. The summed E-state index contributed by atoms with van der Waals surface area (Å²) in [6.45, 7) is 2.04. The second-order valence-corrected chi connectivity index (χ2v) is 4.52. The van der Waals surface area contributed by atoms with Crippen molar-refractivity contribution >= 4 is 16.6 Å². The summed E-state index contributed by atoms with van der Waals surface area (Å²) >= 11 is 0. The average Bonchev–Trinajstić information content (AvgIpc) is 2.42. The van der Waals surface area contributed by atoms with Gasteiger partial charge >= 0.3 is 0 Å². The molecule has 2 N–H and O–H groups in total. The molecule has 0 aliphatic carbocycles. The summed E-state index contributed by atoms with van der Waals surface area (Å²) in [7, 11) is 0. The molecule has 0 bridgehead atoms. The molecule has 3 heteroatoms. The standard InChI is InChI=1S/C16H14N2O/c1-11-2-6-14(7-3-11)19-16-9-4-12-10-13(17)5-8-15(12)18-16/h2-10H,17H2,1H3. The first kappa shape index (κ1) is 11.5. The largest absolute Gasteiger partial charge is 0.439 e. The Bertz CT molecular complexity index is 720. The Labute approximate surface area is 111 Å². The number of aryl methyl sites for hydroxylation is 1. The van der Waals surface area contributed by atoms with Crippen LogP contribution in [0, 0.1) is 6.92 Å². The van der Waals surface area contributed by atoms with E-state index in [1.165, 1.54) is 5.56 Å². The molecule has 1 heterocycles. The topological polar surface area (TPSA) is 48.1 Å². The first-order chi connectivity index (χ1) is 9.20. The van der Waals surface area contributed by atoms with Gasteiger partial charge in [-0.1, -0.05) is 17.7 Å². The van der Waals surface area contributed by atoms with Gasteiger partial charge in [-0.3, -0.25) is 0 Å². The number of hydrogen-bond acceptors (Lipinski definition) is 3. The van der Waals surface area contributed by atoms with Crippen molar-refractivity contribution in [3.8, 4) is 11.6 Å². The molecule has 3 rings (SSSR count). The number of nitrogens with zero attached hydrogens (tertiary/aromatic N) is 1. The van der Waals surface area contributed by atoms with E-state index in [4.69, 9.17) is 10.5 Å². The van der Waals surface area contributed by atoms with Gasteiger partial charge in [-0.05, 0) is 43.3 Å². The molecule has 1 aromatic heterocycles. The molecule has 0 spiro atoms. The molecule has 0 fully saturated rings. The second kappa shape index (κ2) is 4.61. The summed E-state index contributed by atoms with van der Waals surface area (Å²) < 4.78 is 5.73. The Morgan fingerprint density at radius 2 is 1.74 bits per heavy atom. The lowest BCUT2D eigenvalue weighted by molar-refractivity contribution is 0.465. The first-order valence-electron chi connectivity index (χ1n) is 6.11. The highest BCUT2D eigenvalue weighted by Crippen LogP contribution is 2.23. The van der Waals surface area contributed by atoms with Crippen LogP contribution in [0.25, 0.3) is 10.9 Å². The minimum absolute atomic E-state index is 0.584. The lowest BCUT2D eigenvalue weighted by atomic mass is 10.2. The molecule has 3 nitrogen and oxygen atoms in total. The molecule has 0 amide bonds. The van der Waals surface area contributed by atoms with Crippen LogP contribution < -0.4 is 10.5 Å². The van der Waals surface area contributed by atoms with Crippen LogP contribution >= 0.6 is 0 Å². The van der Waals surface area contributed by atoms with Crippen LogP contribution in [0.5, 0.6) is 11.6 Å². The van der Waals surface area contributed by atoms with Gasteiger partial charge in [-0.2, -0.15) is 0 Å². The summed E-state index contributed by atoms with van der Waals surface area (Å²) in [6, 6.07) is 17.3. The van der Waals surface area contributed by atoms with E-state index in [0.29, 0.717) is 5.88 Å². The number of pyridine rings is 1. The minimum Gasteiger partial charge on any atom is -0.439 e. The number of ether oxygens (including phenoxy) is 1. The summed E-state index contributed by atoms with van der Waals surface area (Å²) in [6.07, 6.45) is 0. The fourth-order valence-electron chi connectivity index (χ4n) is 1.91. The second-order valence-electron chi connectivity index (χ2n) is 4.52. The van der Waals surface area contributed by atoms with E-state index in [2.05, 4.69) is 4.98 Å². The zero-order chi connectivity index (χ0) is 13.2. The molecule has 2 aromatic carbocycles. The van der Waals surface area contributed by atoms with Crippen molar-refractivity contribution in [2.24, 2.45) is 0 Å². The molecule has 0 aliphatic rings. The maximum absolute atomic E-state index is 5.74. The molecule has 0 saturated heterocycles. The molecular weight excluding hydrogens is 236 g/mol. The highest BCUT2D eigenvalue weighted by atomic mass is 16.5. The number of nitrogen functional groups attached to an aromatic ring is 1. The number of nitrogens with two attached hydrogens (primary N) is 1. The van der Waals surface area contributed by atoms with E-state index >= 15 is 0 Å². The number of aromatic nitrogens is 1. The molecule has 3 aromatic rings. The Hall–Kier alpha value is -2.55. The Balaban J connectivity index is 1.93. The van der Waals surface area contributed by atoms with Gasteiger partial charge in [0, 0.05) is 17.1 Å². The van der Waals surface area contributed by atoms with Crippen molar-refractivity contribution in [3.63, 3.8) is 0 Å². The predicted octanol–water partition coefficient (Wildman–Crippen LogP) is 3.92. The SMILES string of the molecule is Cc1ccc(Oc2ccc3cc(N)ccc3n2)cc1. The fraction of sp³-hybridized carbons (Fsp3) is 0.0625. The van der Waals surface area contributed by atoms with E-state index in [-0.39, 0.29) is 0 Å². The molecule has 0 unspecified atom stereocenters. The molecule has 19 heavy (non-hydrogen) atoms. The zero-order valence-corrected chi connectivity index (χ0v) is 10.6. The summed E-state index contributed by atoms with van der Waals surface area (Å²) in [5, 5.41) is 1.01. The summed E-state index contributed by atoms with van der Waals surface area (Å²) in [5.74, 6) is 1.37. The van der Waals surface area contributed by atoms with Gasteiger partial charge in [-0.15, -0.1) is 0 Å². The average molecular weight is 250 g/mol. The molecule has 0 radical (unpaired) electrons. The third kappa shape index (κ3) is 2.50. The fourth-order valence-corrected chi connectivity index (χ4v) is 1.91. The normalized spacial score (nSPS) is 10.6. The lowest BCUT2D eigenvalue weighted by Gasteiger charge is -2.06. The van der Waals surface area contributed by atoms with E-state index in [0.717, 1.165) is 22.3 Å². The van der Waals surface area contributed by atoms with E-state index < -0.39 is 0 Å². The zero-order valence-electron chi connectivity index (χ0n) is 10.6. The van der Waals surface area contributed by atoms with Crippen molar-refractivity contribution in [3.05, 3.63) is 60.2 Å². The van der Waals surface area contributed by atoms with E-state index in [1.807, 2.05) is 61.5 Å². The van der Waals surface area contributed by atoms with Gasteiger partial charge < -0.3 is 10.5 Å². The van der Waals surface area contributed by atoms with Crippen LogP contribution in [0.3, 0.4) is 0 Å². The van der Waals surface area contributed by atoms with Crippen LogP contribution in [-0.2, 0) is 0 Å². The minimum atomic E-state index is 0.584. The van der Waals surface area contributed by atoms with E-state index in [9.17, 15) is 0 Å². The molecular formula is C16H14N2O. The van der Waals surface area contributed by atoms with Crippen LogP contribution in [0.2, 0.25) is 0 Å². The van der Waals surface area contributed by atoms with Crippen molar-refractivity contribution < 1.29 is 4.74 Å².